The zero-order valence-corrected chi connectivity index (χ0v) is 15.9. The number of thiol groups is 1. The van der Waals surface area contributed by atoms with Gasteiger partial charge in [-0.1, -0.05) is 38.5 Å². The molecule has 0 aromatic rings. The van der Waals surface area contributed by atoms with E-state index in [-0.39, 0.29) is 11.7 Å². The number of nitrogens with zero attached hydrogens (tertiary/aromatic N) is 1. The summed E-state index contributed by atoms with van der Waals surface area (Å²) < 4.78 is 4.61. The van der Waals surface area contributed by atoms with Gasteiger partial charge in [-0.15, -0.1) is 0 Å². The highest BCUT2D eigenvalue weighted by atomic mass is 32.1. The Morgan fingerprint density at radius 2 is 1.52 bits per heavy atom. The topological polar surface area (TPSA) is 58.6 Å². The minimum Gasteiger partial charge on any atom is -0.467 e. The smallest absolute Gasteiger partial charge is 0.329 e. The van der Waals surface area contributed by atoms with Crippen LogP contribution in [-0.2, 0) is 14.3 Å². The molecule has 5 nitrogen and oxygen atoms in total. The normalized spacial score (nSPS) is 12.2. The second-order valence-corrected chi connectivity index (χ2v) is 6.57. The predicted molar refractivity (Wildman–Crippen MR) is 97.9 cm³/mol. The summed E-state index contributed by atoms with van der Waals surface area (Å²) in [6.45, 7) is 1.17. The van der Waals surface area contributed by atoms with E-state index in [9.17, 15) is 9.59 Å². The molecule has 0 aliphatic carbocycles. The fourth-order valence-electron chi connectivity index (χ4n) is 2.36. The molecule has 0 bridgehead atoms. The lowest BCUT2D eigenvalue weighted by Gasteiger charge is -2.13. The van der Waals surface area contributed by atoms with Gasteiger partial charge in [0.05, 0.1) is 7.11 Å². The fraction of sp³-hybridized carbons (Fsp3) is 0.882. The van der Waals surface area contributed by atoms with Crippen molar-refractivity contribution in [1.29, 1.82) is 0 Å². The average Bonchev–Trinajstić information content (AvgIpc) is 2.53. The van der Waals surface area contributed by atoms with Crippen LogP contribution in [0.3, 0.4) is 0 Å². The van der Waals surface area contributed by atoms with Gasteiger partial charge in [0.15, 0.2) is 0 Å². The molecule has 0 heterocycles. The predicted octanol–water partition coefficient (Wildman–Crippen LogP) is 2.65. The Balaban J connectivity index is 3.47. The van der Waals surface area contributed by atoms with E-state index < -0.39 is 12.0 Å². The summed E-state index contributed by atoms with van der Waals surface area (Å²) in [4.78, 5) is 25.3. The molecule has 1 N–H and O–H groups in total. The lowest BCUT2D eigenvalue weighted by atomic mass is 10.1. The van der Waals surface area contributed by atoms with Crippen molar-refractivity contribution in [3.8, 4) is 0 Å². The quantitative estimate of drug-likeness (QED) is 0.288. The summed E-state index contributed by atoms with van der Waals surface area (Å²) in [6.07, 6.45) is 9.98. The standard InChI is InChI=1S/C17H34N2O3S/c1-19(2)13-11-9-7-5-4-6-8-10-12-16(20)18-15(14-23)17(21)22-3/h15,23H,4-14H2,1-3H3,(H,18,20). The van der Waals surface area contributed by atoms with Gasteiger partial charge >= 0.3 is 5.97 Å². The number of carbonyl (C=O) groups is 2. The van der Waals surface area contributed by atoms with E-state index in [0.717, 1.165) is 12.8 Å². The number of hydrogen-bond acceptors (Lipinski definition) is 5. The lowest BCUT2D eigenvalue weighted by molar-refractivity contribution is -0.144. The van der Waals surface area contributed by atoms with Crippen molar-refractivity contribution in [2.45, 2.75) is 63.8 Å². The SMILES string of the molecule is COC(=O)C(CS)NC(=O)CCCCCCCCCCN(C)C. The van der Waals surface area contributed by atoms with Crippen LogP contribution in [0.4, 0.5) is 0 Å². The molecule has 0 spiro atoms. The Morgan fingerprint density at radius 3 is 2.00 bits per heavy atom. The second-order valence-electron chi connectivity index (χ2n) is 6.21. The van der Waals surface area contributed by atoms with Crippen LogP contribution in [0.5, 0.6) is 0 Å². The molecule has 1 unspecified atom stereocenters. The van der Waals surface area contributed by atoms with Gasteiger partial charge < -0.3 is 15.0 Å². The van der Waals surface area contributed by atoms with Crippen molar-refractivity contribution < 1.29 is 14.3 Å². The third kappa shape index (κ3) is 13.4. The second kappa shape index (κ2) is 14.8. The molecule has 0 aliphatic rings. The van der Waals surface area contributed by atoms with Crippen LogP contribution in [0.2, 0.25) is 0 Å². The molecule has 0 aromatic heterocycles. The fourth-order valence-corrected chi connectivity index (χ4v) is 2.60. The highest BCUT2D eigenvalue weighted by Gasteiger charge is 2.19. The summed E-state index contributed by atoms with van der Waals surface area (Å²) in [6, 6.07) is -0.641. The maximum Gasteiger partial charge on any atom is 0.329 e. The number of amides is 1. The van der Waals surface area contributed by atoms with Gasteiger partial charge in [-0.2, -0.15) is 12.6 Å². The summed E-state index contributed by atoms with van der Waals surface area (Å²) >= 11 is 4.05. The van der Waals surface area contributed by atoms with E-state index in [0.29, 0.717) is 6.42 Å². The van der Waals surface area contributed by atoms with Crippen LogP contribution in [0.1, 0.15) is 57.8 Å². The average molecular weight is 347 g/mol. The van der Waals surface area contributed by atoms with Crippen molar-refractivity contribution in [1.82, 2.24) is 10.2 Å². The first-order valence-corrected chi connectivity index (χ1v) is 9.27. The van der Waals surface area contributed by atoms with Crippen molar-refractivity contribution in [3.05, 3.63) is 0 Å². The van der Waals surface area contributed by atoms with E-state index in [1.165, 1.54) is 52.2 Å². The molecule has 0 rings (SSSR count). The molecule has 6 heteroatoms. The molecule has 0 saturated carbocycles. The van der Waals surface area contributed by atoms with E-state index >= 15 is 0 Å². The Bertz CT molecular complexity index is 325. The molecule has 1 atom stereocenters. The van der Waals surface area contributed by atoms with Gasteiger partial charge in [0.2, 0.25) is 5.91 Å². The number of carbonyl (C=O) groups excluding carboxylic acids is 2. The molecule has 0 saturated heterocycles. The van der Waals surface area contributed by atoms with Gasteiger partial charge in [-0.3, -0.25) is 4.79 Å². The zero-order valence-electron chi connectivity index (χ0n) is 15.0. The molecule has 23 heavy (non-hydrogen) atoms. The third-order valence-corrected chi connectivity index (χ3v) is 4.13. The van der Waals surface area contributed by atoms with Gasteiger partial charge in [-0.05, 0) is 33.5 Å². The zero-order chi connectivity index (χ0) is 17.5. The van der Waals surface area contributed by atoms with Gasteiger partial charge in [0.25, 0.3) is 0 Å². The van der Waals surface area contributed by atoms with Gasteiger partial charge in [-0.25, -0.2) is 4.79 Å². The molecule has 0 aromatic carbocycles. The molecular weight excluding hydrogens is 312 g/mol. The highest BCUT2D eigenvalue weighted by Crippen LogP contribution is 2.10. The van der Waals surface area contributed by atoms with Crippen LogP contribution in [0.15, 0.2) is 0 Å². The molecule has 0 fully saturated rings. The first-order valence-electron chi connectivity index (χ1n) is 8.64. The number of rotatable bonds is 14. The van der Waals surface area contributed by atoms with Gasteiger partial charge in [0, 0.05) is 12.2 Å². The number of ether oxygens (including phenoxy) is 1. The minimum absolute atomic E-state index is 0.0989. The summed E-state index contributed by atoms with van der Waals surface area (Å²) in [7, 11) is 5.53. The summed E-state index contributed by atoms with van der Waals surface area (Å²) in [5.41, 5.74) is 0. The first-order chi connectivity index (χ1) is 11.0. The Hall–Kier alpha value is -0.750. The maximum absolute atomic E-state index is 11.7. The van der Waals surface area contributed by atoms with E-state index in [1.807, 2.05) is 0 Å². The van der Waals surface area contributed by atoms with E-state index in [4.69, 9.17) is 0 Å². The molecule has 136 valence electrons. The van der Waals surface area contributed by atoms with Crippen molar-refractivity contribution in [2.75, 3.05) is 33.5 Å². The van der Waals surface area contributed by atoms with Gasteiger partial charge in [0.1, 0.15) is 6.04 Å². The van der Waals surface area contributed by atoms with Crippen molar-refractivity contribution in [2.24, 2.45) is 0 Å². The third-order valence-electron chi connectivity index (χ3n) is 3.76. The Labute approximate surface area is 146 Å². The number of esters is 1. The van der Waals surface area contributed by atoms with E-state index in [2.05, 4.69) is 41.7 Å². The monoisotopic (exact) mass is 346 g/mol. The minimum atomic E-state index is -0.641. The number of hydrogen-bond donors (Lipinski definition) is 2. The van der Waals surface area contributed by atoms with Crippen LogP contribution in [0.25, 0.3) is 0 Å². The molecule has 0 radical (unpaired) electrons. The van der Waals surface area contributed by atoms with Crippen molar-refractivity contribution >= 4 is 24.5 Å². The van der Waals surface area contributed by atoms with Crippen LogP contribution in [-0.4, -0.2) is 56.3 Å². The molecule has 1 amide bonds. The number of nitrogens with one attached hydrogen (secondary N) is 1. The van der Waals surface area contributed by atoms with E-state index in [1.54, 1.807) is 0 Å². The number of unbranched alkanes of at least 4 members (excludes halogenated alkanes) is 7. The van der Waals surface area contributed by atoms with Crippen LogP contribution >= 0.6 is 12.6 Å². The lowest BCUT2D eigenvalue weighted by Crippen LogP contribution is -2.42. The Kier molecular flexibility index (Phi) is 14.3. The van der Waals surface area contributed by atoms with Crippen LogP contribution < -0.4 is 5.32 Å². The highest BCUT2D eigenvalue weighted by molar-refractivity contribution is 7.80. The largest absolute Gasteiger partial charge is 0.467 e. The Morgan fingerprint density at radius 1 is 1.00 bits per heavy atom. The molecule has 0 aliphatic heterocycles. The molecular formula is C17H34N2O3S. The van der Waals surface area contributed by atoms with Crippen molar-refractivity contribution in [3.63, 3.8) is 0 Å². The van der Waals surface area contributed by atoms with Crippen LogP contribution in [0, 0.1) is 0 Å². The summed E-state index contributed by atoms with van der Waals surface area (Å²) in [5.74, 6) is -0.285. The first kappa shape index (κ1) is 22.2. The maximum atomic E-state index is 11.7. The summed E-state index contributed by atoms with van der Waals surface area (Å²) in [5, 5.41) is 2.66. The number of methoxy groups -OCH3 is 1.